The van der Waals surface area contributed by atoms with E-state index in [1.807, 2.05) is 24.1 Å². The number of amides is 1. The lowest BCUT2D eigenvalue weighted by molar-refractivity contribution is -0.121. The Hall–Kier alpha value is -1.66. The standard InChI is InChI=1S/C13H20N4O2/c1-17(8-10-6-11(18)7-10)9-13(19)16-15-12-4-2-3-5-14-12/h2-5,10-11,18H,6-9H2,1H3,(H,14,15)(H,16,19). The smallest absolute Gasteiger partial charge is 0.252 e. The van der Waals surface area contributed by atoms with Gasteiger partial charge in [0.25, 0.3) is 5.91 Å². The second kappa shape index (κ2) is 6.49. The summed E-state index contributed by atoms with van der Waals surface area (Å²) in [5.74, 6) is 1.02. The molecule has 1 saturated carbocycles. The number of aliphatic hydroxyl groups is 1. The van der Waals surface area contributed by atoms with Crippen molar-refractivity contribution in [2.75, 3.05) is 25.6 Å². The first kappa shape index (κ1) is 13.8. The SMILES string of the molecule is CN(CC(=O)NNc1ccccn1)CC1CC(O)C1. The maximum absolute atomic E-state index is 11.7. The molecule has 0 spiro atoms. The third-order valence-corrected chi connectivity index (χ3v) is 3.19. The highest BCUT2D eigenvalue weighted by molar-refractivity contribution is 5.79. The van der Waals surface area contributed by atoms with E-state index in [4.69, 9.17) is 0 Å². The van der Waals surface area contributed by atoms with E-state index in [1.165, 1.54) is 0 Å². The Kier molecular flexibility index (Phi) is 4.70. The molecule has 104 valence electrons. The van der Waals surface area contributed by atoms with Crippen LogP contribution in [0.15, 0.2) is 24.4 Å². The van der Waals surface area contributed by atoms with Crippen LogP contribution in [0.1, 0.15) is 12.8 Å². The molecular formula is C13H20N4O2. The van der Waals surface area contributed by atoms with Crippen LogP contribution in [0.4, 0.5) is 5.82 Å². The third-order valence-electron chi connectivity index (χ3n) is 3.19. The van der Waals surface area contributed by atoms with Gasteiger partial charge in [0, 0.05) is 12.7 Å². The number of nitrogens with zero attached hydrogens (tertiary/aromatic N) is 2. The number of anilines is 1. The Balaban J connectivity index is 1.63. The normalized spacial score (nSPS) is 21.8. The zero-order valence-electron chi connectivity index (χ0n) is 11.0. The van der Waals surface area contributed by atoms with Gasteiger partial charge in [-0.2, -0.15) is 0 Å². The monoisotopic (exact) mass is 264 g/mol. The van der Waals surface area contributed by atoms with Crippen LogP contribution in [0.2, 0.25) is 0 Å². The summed E-state index contributed by atoms with van der Waals surface area (Å²) in [6.07, 6.45) is 3.21. The van der Waals surface area contributed by atoms with E-state index < -0.39 is 0 Å². The number of likely N-dealkylation sites (N-methyl/N-ethyl adjacent to an activating group) is 1. The number of hydrogen-bond donors (Lipinski definition) is 3. The quantitative estimate of drug-likeness (QED) is 0.641. The second-order valence-corrected chi connectivity index (χ2v) is 5.08. The maximum Gasteiger partial charge on any atom is 0.252 e. The van der Waals surface area contributed by atoms with Gasteiger partial charge in [-0.3, -0.25) is 20.5 Å². The molecule has 6 nitrogen and oxygen atoms in total. The van der Waals surface area contributed by atoms with Gasteiger partial charge in [0.05, 0.1) is 12.6 Å². The summed E-state index contributed by atoms with van der Waals surface area (Å²) in [5.41, 5.74) is 5.37. The van der Waals surface area contributed by atoms with E-state index in [0.29, 0.717) is 18.3 Å². The Labute approximate surface area is 112 Å². The summed E-state index contributed by atoms with van der Waals surface area (Å²) < 4.78 is 0. The molecule has 1 fully saturated rings. The molecule has 0 radical (unpaired) electrons. The molecule has 1 aromatic heterocycles. The predicted molar refractivity (Wildman–Crippen MR) is 72.2 cm³/mol. The Morgan fingerprint density at radius 2 is 2.32 bits per heavy atom. The lowest BCUT2D eigenvalue weighted by atomic mass is 9.82. The Bertz CT molecular complexity index is 406. The van der Waals surface area contributed by atoms with Crippen molar-refractivity contribution in [3.8, 4) is 0 Å². The molecule has 0 aromatic carbocycles. The van der Waals surface area contributed by atoms with Crippen molar-refractivity contribution in [3.05, 3.63) is 24.4 Å². The summed E-state index contributed by atoms with van der Waals surface area (Å²) in [6.45, 7) is 1.17. The van der Waals surface area contributed by atoms with Crippen molar-refractivity contribution < 1.29 is 9.90 Å². The lowest BCUT2D eigenvalue weighted by Crippen LogP contribution is -2.42. The number of nitrogens with one attached hydrogen (secondary N) is 2. The fraction of sp³-hybridized carbons (Fsp3) is 0.538. The van der Waals surface area contributed by atoms with E-state index in [1.54, 1.807) is 12.3 Å². The zero-order chi connectivity index (χ0) is 13.7. The molecule has 0 unspecified atom stereocenters. The molecule has 0 atom stereocenters. The highest BCUT2D eigenvalue weighted by Crippen LogP contribution is 2.27. The van der Waals surface area contributed by atoms with Crippen LogP contribution in [-0.4, -0.2) is 47.1 Å². The molecule has 1 aromatic rings. The van der Waals surface area contributed by atoms with E-state index in [0.717, 1.165) is 19.4 Å². The van der Waals surface area contributed by atoms with Crippen LogP contribution in [0, 0.1) is 5.92 Å². The van der Waals surface area contributed by atoms with Crippen LogP contribution >= 0.6 is 0 Å². The number of rotatable bonds is 6. The minimum atomic E-state index is -0.141. The molecule has 1 heterocycles. The van der Waals surface area contributed by atoms with E-state index in [2.05, 4.69) is 15.8 Å². The molecular weight excluding hydrogens is 244 g/mol. The van der Waals surface area contributed by atoms with E-state index in [9.17, 15) is 9.90 Å². The molecule has 1 amide bonds. The number of aromatic nitrogens is 1. The Morgan fingerprint density at radius 3 is 2.95 bits per heavy atom. The number of carbonyl (C=O) groups is 1. The average molecular weight is 264 g/mol. The molecule has 3 N–H and O–H groups in total. The number of aliphatic hydroxyl groups excluding tert-OH is 1. The predicted octanol–water partition coefficient (Wildman–Crippen LogP) is 0.227. The summed E-state index contributed by atoms with van der Waals surface area (Å²) in [6, 6.07) is 5.43. The molecule has 19 heavy (non-hydrogen) atoms. The summed E-state index contributed by atoms with van der Waals surface area (Å²) in [4.78, 5) is 17.7. The van der Waals surface area contributed by atoms with Crippen LogP contribution in [-0.2, 0) is 4.79 Å². The van der Waals surface area contributed by atoms with Crippen molar-refractivity contribution in [1.29, 1.82) is 0 Å². The van der Waals surface area contributed by atoms with Gasteiger partial charge in [-0.25, -0.2) is 4.98 Å². The maximum atomic E-state index is 11.7. The van der Waals surface area contributed by atoms with Gasteiger partial charge < -0.3 is 5.11 Å². The highest BCUT2D eigenvalue weighted by atomic mass is 16.3. The molecule has 0 saturated heterocycles. The molecule has 0 bridgehead atoms. The molecule has 2 rings (SSSR count). The average Bonchev–Trinajstić information content (AvgIpc) is 2.36. The van der Waals surface area contributed by atoms with Crippen LogP contribution in [0.5, 0.6) is 0 Å². The minimum absolute atomic E-state index is 0.104. The van der Waals surface area contributed by atoms with Gasteiger partial charge in [-0.1, -0.05) is 6.07 Å². The van der Waals surface area contributed by atoms with Crippen molar-refractivity contribution in [1.82, 2.24) is 15.3 Å². The first-order chi connectivity index (χ1) is 9.13. The van der Waals surface area contributed by atoms with Crippen LogP contribution < -0.4 is 10.9 Å². The summed E-state index contributed by atoms with van der Waals surface area (Å²) in [5, 5.41) is 9.21. The summed E-state index contributed by atoms with van der Waals surface area (Å²) in [7, 11) is 1.91. The fourth-order valence-corrected chi connectivity index (χ4v) is 2.21. The molecule has 1 aliphatic rings. The van der Waals surface area contributed by atoms with Gasteiger partial charge in [-0.05, 0) is 37.9 Å². The Morgan fingerprint density at radius 1 is 1.53 bits per heavy atom. The van der Waals surface area contributed by atoms with Gasteiger partial charge in [-0.15, -0.1) is 0 Å². The zero-order valence-corrected chi connectivity index (χ0v) is 11.0. The fourth-order valence-electron chi connectivity index (χ4n) is 2.21. The second-order valence-electron chi connectivity index (χ2n) is 5.08. The van der Waals surface area contributed by atoms with Crippen LogP contribution in [0.25, 0.3) is 0 Å². The third kappa shape index (κ3) is 4.50. The number of hydrogen-bond acceptors (Lipinski definition) is 5. The summed E-state index contributed by atoms with van der Waals surface area (Å²) >= 11 is 0. The highest BCUT2D eigenvalue weighted by Gasteiger charge is 2.28. The van der Waals surface area contributed by atoms with Gasteiger partial charge in [0.15, 0.2) is 0 Å². The van der Waals surface area contributed by atoms with Crippen molar-refractivity contribution >= 4 is 11.7 Å². The van der Waals surface area contributed by atoms with Crippen LogP contribution in [0.3, 0.4) is 0 Å². The van der Waals surface area contributed by atoms with Crippen molar-refractivity contribution in [3.63, 3.8) is 0 Å². The minimum Gasteiger partial charge on any atom is -0.393 e. The molecule has 6 heteroatoms. The van der Waals surface area contributed by atoms with Gasteiger partial charge in [0.2, 0.25) is 0 Å². The molecule has 1 aliphatic carbocycles. The number of pyridine rings is 1. The molecule has 0 aliphatic heterocycles. The number of hydrazine groups is 1. The van der Waals surface area contributed by atoms with Gasteiger partial charge in [0.1, 0.15) is 5.82 Å². The largest absolute Gasteiger partial charge is 0.393 e. The van der Waals surface area contributed by atoms with Crippen molar-refractivity contribution in [2.24, 2.45) is 5.92 Å². The van der Waals surface area contributed by atoms with Crippen molar-refractivity contribution in [2.45, 2.75) is 18.9 Å². The number of carbonyl (C=O) groups excluding carboxylic acids is 1. The first-order valence-electron chi connectivity index (χ1n) is 6.46. The van der Waals surface area contributed by atoms with Gasteiger partial charge >= 0.3 is 0 Å². The van der Waals surface area contributed by atoms with E-state index >= 15 is 0 Å². The van der Waals surface area contributed by atoms with E-state index in [-0.39, 0.29) is 12.0 Å². The lowest BCUT2D eigenvalue weighted by Gasteiger charge is -2.34. The first-order valence-corrected chi connectivity index (χ1v) is 6.46. The topological polar surface area (TPSA) is 77.5 Å².